The van der Waals surface area contributed by atoms with Crippen LogP contribution in [0.2, 0.25) is 0 Å². The van der Waals surface area contributed by atoms with Crippen molar-refractivity contribution in [3.8, 4) is 0 Å². The Morgan fingerprint density at radius 3 is 2.61 bits per heavy atom. The van der Waals surface area contributed by atoms with Crippen LogP contribution in [-0.4, -0.2) is 28.7 Å². The monoisotopic (exact) mass is 254 g/mol. The van der Waals surface area contributed by atoms with E-state index < -0.39 is 22.0 Å². The van der Waals surface area contributed by atoms with Crippen molar-refractivity contribution in [3.05, 3.63) is 34.1 Å². The molecule has 0 aromatic heterocycles. The predicted molar refractivity (Wildman–Crippen MR) is 65.1 cm³/mol. The third-order valence-corrected chi connectivity index (χ3v) is 3.33. The molecule has 1 aliphatic heterocycles. The molecular weight excluding hydrogens is 239 g/mol. The molecule has 1 fully saturated rings. The van der Waals surface area contributed by atoms with Crippen molar-refractivity contribution in [2.75, 3.05) is 18.0 Å². The topological polar surface area (TPSA) is 66.6 Å². The maximum Gasteiger partial charge on any atom is 0.327 e. The van der Waals surface area contributed by atoms with Gasteiger partial charge in [-0.25, -0.2) is 0 Å². The Hall–Kier alpha value is -1.69. The van der Waals surface area contributed by atoms with E-state index in [0.29, 0.717) is 25.9 Å². The minimum atomic E-state index is -0.824. The summed E-state index contributed by atoms with van der Waals surface area (Å²) in [5.74, 6) is -0.824. The first-order valence-corrected chi connectivity index (χ1v) is 5.81. The molecule has 1 saturated heterocycles. The largest absolute Gasteiger partial charge is 0.390 e. The molecule has 0 amide bonds. The van der Waals surface area contributed by atoms with E-state index >= 15 is 0 Å². The van der Waals surface area contributed by atoms with Crippen LogP contribution in [0.4, 0.5) is 15.8 Å². The molecule has 1 heterocycles. The Labute approximate surface area is 104 Å². The van der Waals surface area contributed by atoms with E-state index in [-0.39, 0.29) is 5.69 Å². The minimum Gasteiger partial charge on any atom is -0.390 e. The van der Waals surface area contributed by atoms with Crippen LogP contribution in [0, 0.1) is 15.9 Å². The highest BCUT2D eigenvalue weighted by atomic mass is 19.1. The molecule has 98 valence electrons. The van der Waals surface area contributed by atoms with Gasteiger partial charge in [-0.1, -0.05) is 6.07 Å². The van der Waals surface area contributed by atoms with Gasteiger partial charge < -0.3 is 10.0 Å². The number of anilines is 1. The van der Waals surface area contributed by atoms with E-state index in [4.69, 9.17) is 0 Å². The lowest BCUT2D eigenvalue weighted by atomic mass is 9.93. The maximum absolute atomic E-state index is 13.5. The third kappa shape index (κ3) is 2.43. The van der Waals surface area contributed by atoms with Crippen LogP contribution >= 0.6 is 0 Å². The van der Waals surface area contributed by atoms with Crippen molar-refractivity contribution in [1.82, 2.24) is 0 Å². The quantitative estimate of drug-likeness (QED) is 0.648. The van der Waals surface area contributed by atoms with E-state index in [1.165, 1.54) is 6.07 Å². The van der Waals surface area contributed by atoms with Gasteiger partial charge in [-0.2, -0.15) is 4.39 Å². The summed E-state index contributed by atoms with van der Waals surface area (Å²) in [6.45, 7) is 2.71. The van der Waals surface area contributed by atoms with Gasteiger partial charge in [0.2, 0.25) is 5.82 Å². The van der Waals surface area contributed by atoms with Crippen molar-refractivity contribution in [2.45, 2.75) is 25.4 Å². The molecule has 1 aromatic carbocycles. The number of hydrogen-bond donors (Lipinski definition) is 1. The Balaban J connectivity index is 2.30. The fourth-order valence-electron chi connectivity index (χ4n) is 2.17. The van der Waals surface area contributed by atoms with Crippen LogP contribution in [0.25, 0.3) is 0 Å². The predicted octanol–water partition coefficient (Wildman–Crippen LogP) is 2.09. The van der Waals surface area contributed by atoms with E-state index in [9.17, 15) is 19.6 Å². The summed E-state index contributed by atoms with van der Waals surface area (Å²) in [7, 11) is 0. The summed E-state index contributed by atoms with van der Waals surface area (Å²) in [5.41, 5.74) is -0.937. The van der Waals surface area contributed by atoms with Gasteiger partial charge in [-0.05, 0) is 31.9 Å². The second kappa shape index (κ2) is 4.53. The van der Waals surface area contributed by atoms with Crippen LogP contribution in [-0.2, 0) is 0 Å². The molecule has 18 heavy (non-hydrogen) atoms. The summed E-state index contributed by atoms with van der Waals surface area (Å²) < 4.78 is 13.5. The minimum absolute atomic E-state index is 0.288. The molecule has 0 atom stereocenters. The number of nitrogens with zero attached hydrogens (tertiary/aromatic N) is 2. The maximum atomic E-state index is 13.5. The third-order valence-electron chi connectivity index (χ3n) is 3.33. The average Bonchev–Trinajstić information content (AvgIpc) is 2.28. The molecule has 0 saturated carbocycles. The molecule has 0 spiro atoms. The first-order valence-electron chi connectivity index (χ1n) is 5.81. The molecule has 0 bridgehead atoms. The van der Waals surface area contributed by atoms with Gasteiger partial charge in [-0.15, -0.1) is 0 Å². The van der Waals surface area contributed by atoms with Crippen LogP contribution in [0.5, 0.6) is 0 Å². The lowest BCUT2D eigenvalue weighted by molar-refractivity contribution is -0.386. The average molecular weight is 254 g/mol. The summed E-state index contributed by atoms with van der Waals surface area (Å²) in [6.07, 6.45) is 1.03. The molecule has 0 radical (unpaired) electrons. The Morgan fingerprint density at radius 2 is 2.06 bits per heavy atom. The van der Waals surface area contributed by atoms with Gasteiger partial charge in [0.1, 0.15) is 5.69 Å². The number of para-hydroxylation sites is 1. The molecule has 0 aliphatic carbocycles. The summed E-state index contributed by atoms with van der Waals surface area (Å²) >= 11 is 0. The highest BCUT2D eigenvalue weighted by Gasteiger charge is 2.31. The second-order valence-corrected chi connectivity index (χ2v) is 4.85. The van der Waals surface area contributed by atoms with E-state index in [2.05, 4.69) is 0 Å². The first kappa shape index (κ1) is 12.8. The standard InChI is InChI=1S/C12H15FN2O3/c1-12(16)5-7-14(8-6-12)10-4-2-3-9(13)11(10)15(17)18/h2-4,16H,5-8H2,1H3. The van der Waals surface area contributed by atoms with E-state index in [1.54, 1.807) is 17.9 Å². The van der Waals surface area contributed by atoms with Gasteiger partial charge >= 0.3 is 5.69 Å². The molecule has 1 aromatic rings. The van der Waals surface area contributed by atoms with Crippen LogP contribution in [0.1, 0.15) is 19.8 Å². The van der Waals surface area contributed by atoms with Gasteiger partial charge in [0.05, 0.1) is 10.5 Å². The van der Waals surface area contributed by atoms with Crippen LogP contribution in [0.3, 0.4) is 0 Å². The SMILES string of the molecule is CC1(O)CCN(c2cccc(F)c2[N+](=O)[O-])CC1. The number of nitro groups is 1. The van der Waals surface area contributed by atoms with Crippen molar-refractivity contribution < 1.29 is 14.4 Å². The fraction of sp³-hybridized carbons (Fsp3) is 0.500. The zero-order chi connectivity index (χ0) is 13.3. The van der Waals surface area contributed by atoms with Crippen molar-refractivity contribution in [3.63, 3.8) is 0 Å². The highest BCUT2D eigenvalue weighted by Crippen LogP contribution is 2.34. The lowest BCUT2D eigenvalue weighted by Crippen LogP contribution is -2.42. The summed E-state index contributed by atoms with van der Waals surface area (Å²) in [6, 6.07) is 4.09. The number of nitro benzene ring substituents is 1. The molecule has 0 unspecified atom stereocenters. The van der Waals surface area contributed by atoms with Crippen LogP contribution < -0.4 is 4.90 Å². The van der Waals surface area contributed by atoms with Gasteiger partial charge in [0.25, 0.3) is 0 Å². The number of benzene rings is 1. The summed E-state index contributed by atoms with van der Waals surface area (Å²) in [5, 5.41) is 20.7. The van der Waals surface area contributed by atoms with E-state index in [0.717, 1.165) is 6.07 Å². The molecular formula is C12H15FN2O3. The Bertz CT molecular complexity index is 466. The van der Waals surface area contributed by atoms with Crippen LogP contribution in [0.15, 0.2) is 18.2 Å². The zero-order valence-electron chi connectivity index (χ0n) is 10.1. The van der Waals surface area contributed by atoms with Gasteiger partial charge in [-0.3, -0.25) is 10.1 Å². The second-order valence-electron chi connectivity index (χ2n) is 4.85. The normalized spacial score (nSPS) is 18.7. The molecule has 1 N–H and O–H groups in total. The van der Waals surface area contributed by atoms with Crippen molar-refractivity contribution in [2.24, 2.45) is 0 Å². The molecule has 6 heteroatoms. The first-order chi connectivity index (χ1) is 8.41. The fourth-order valence-corrected chi connectivity index (χ4v) is 2.17. The molecule has 2 rings (SSSR count). The molecule has 5 nitrogen and oxygen atoms in total. The number of halogens is 1. The van der Waals surface area contributed by atoms with Crippen molar-refractivity contribution >= 4 is 11.4 Å². The van der Waals surface area contributed by atoms with Gasteiger partial charge in [0, 0.05) is 13.1 Å². The number of piperidine rings is 1. The number of rotatable bonds is 2. The smallest absolute Gasteiger partial charge is 0.327 e. The summed E-state index contributed by atoms with van der Waals surface area (Å²) in [4.78, 5) is 12.0. The number of hydrogen-bond acceptors (Lipinski definition) is 4. The van der Waals surface area contributed by atoms with E-state index in [1.807, 2.05) is 0 Å². The zero-order valence-corrected chi connectivity index (χ0v) is 10.1. The Kier molecular flexibility index (Phi) is 3.21. The highest BCUT2D eigenvalue weighted by molar-refractivity contribution is 5.64. The van der Waals surface area contributed by atoms with Crippen molar-refractivity contribution in [1.29, 1.82) is 0 Å². The Morgan fingerprint density at radius 1 is 1.44 bits per heavy atom. The lowest BCUT2D eigenvalue weighted by Gasteiger charge is -2.36. The van der Waals surface area contributed by atoms with Gasteiger partial charge in [0.15, 0.2) is 0 Å². The molecule has 1 aliphatic rings. The number of aliphatic hydroxyl groups is 1.